The van der Waals surface area contributed by atoms with Crippen molar-refractivity contribution in [2.75, 3.05) is 0 Å². The van der Waals surface area contributed by atoms with Crippen LogP contribution in [-0.4, -0.2) is 14.9 Å². The highest BCUT2D eigenvalue weighted by molar-refractivity contribution is 5.09. The molecule has 1 atom stereocenters. The van der Waals surface area contributed by atoms with Crippen molar-refractivity contribution >= 4 is 0 Å². The van der Waals surface area contributed by atoms with E-state index in [4.69, 9.17) is 0 Å². The summed E-state index contributed by atoms with van der Waals surface area (Å²) in [4.78, 5) is 0. The highest BCUT2D eigenvalue weighted by Crippen LogP contribution is 2.62. The van der Waals surface area contributed by atoms with Gasteiger partial charge in [-0.05, 0) is 80.6 Å². The molecule has 1 aromatic rings. The largest absolute Gasteiger partial charge is 0.387 e. The van der Waals surface area contributed by atoms with E-state index in [1.165, 1.54) is 38.5 Å². The summed E-state index contributed by atoms with van der Waals surface area (Å²) in [5.41, 5.74) is 1.47. The van der Waals surface area contributed by atoms with Gasteiger partial charge in [0.2, 0.25) is 0 Å². The second-order valence-corrected chi connectivity index (χ2v) is 8.12. The maximum atomic E-state index is 10.8. The first-order valence-electron chi connectivity index (χ1n) is 8.87. The molecule has 1 aromatic heterocycles. The molecule has 116 valence electrons. The fourth-order valence-corrected chi connectivity index (χ4v) is 6.08. The Labute approximate surface area is 127 Å². The normalized spacial score (nSPS) is 38.9. The molecule has 1 heterocycles. The van der Waals surface area contributed by atoms with Crippen molar-refractivity contribution in [2.45, 2.75) is 70.9 Å². The first kappa shape index (κ1) is 13.8. The third-order valence-electron chi connectivity index (χ3n) is 6.32. The van der Waals surface area contributed by atoms with Crippen LogP contribution in [0.3, 0.4) is 0 Å². The van der Waals surface area contributed by atoms with Gasteiger partial charge in [0.15, 0.2) is 0 Å². The lowest BCUT2D eigenvalue weighted by atomic mass is 9.48. The molecule has 3 heteroatoms. The molecule has 21 heavy (non-hydrogen) atoms. The highest BCUT2D eigenvalue weighted by atomic mass is 16.3. The van der Waals surface area contributed by atoms with E-state index in [1.54, 1.807) is 0 Å². The Hall–Kier alpha value is -0.830. The van der Waals surface area contributed by atoms with Crippen LogP contribution >= 0.6 is 0 Å². The number of rotatable bonds is 5. The maximum absolute atomic E-state index is 10.8. The van der Waals surface area contributed by atoms with Gasteiger partial charge in [-0.25, -0.2) is 0 Å². The van der Waals surface area contributed by atoms with Gasteiger partial charge in [-0.15, -0.1) is 0 Å². The molecule has 4 saturated carbocycles. The molecule has 5 rings (SSSR count). The van der Waals surface area contributed by atoms with Gasteiger partial charge in [0.05, 0.1) is 11.8 Å². The average molecular weight is 288 g/mol. The minimum Gasteiger partial charge on any atom is -0.387 e. The van der Waals surface area contributed by atoms with E-state index in [2.05, 4.69) is 12.0 Å². The van der Waals surface area contributed by atoms with E-state index in [0.29, 0.717) is 5.41 Å². The molecule has 3 nitrogen and oxygen atoms in total. The lowest BCUT2D eigenvalue weighted by Gasteiger charge is -2.57. The van der Waals surface area contributed by atoms with Crippen LogP contribution in [0.1, 0.15) is 70.1 Å². The van der Waals surface area contributed by atoms with E-state index >= 15 is 0 Å². The molecule has 0 saturated heterocycles. The Morgan fingerprint density at radius 3 is 2.43 bits per heavy atom. The molecule has 0 amide bonds. The SMILES string of the molecule is CCCn1nccc1C(O)CC12CC3CC(CC(C3)C1)C2. The van der Waals surface area contributed by atoms with Crippen LogP contribution in [0.2, 0.25) is 0 Å². The number of hydrogen-bond acceptors (Lipinski definition) is 2. The van der Waals surface area contributed by atoms with Gasteiger partial charge in [0.1, 0.15) is 0 Å². The Kier molecular flexibility index (Phi) is 3.36. The molecule has 1 unspecified atom stereocenters. The highest BCUT2D eigenvalue weighted by Gasteiger charge is 2.51. The zero-order valence-corrected chi connectivity index (χ0v) is 13.2. The Bertz CT molecular complexity index is 472. The summed E-state index contributed by atoms with van der Waals surface area (Å²) in [6.45, 7) is 3.08. The van der Waals surface area contributed by atoms with Crippen molar-refractivity contribution in [3.05, 3.63) is 18.0 Å². The third-order valence-corrected chi connectivity index (χ3v) is 6.32. The quantitative estimate of drug-likeness (QED) is 0.891. The number of nitrogens with zero attached hydrogens (tertiary/aromatic N) is 2. The summed E-state index contributed by atoms with van der Waals surface area (Å²) >= 11 is 0. The van der Waals surface area contributed by atoms with Crippen LogP contribution < -0.4 is 0 Å². The summed E-state index contributed by atoms with van der Waals surface area (Å²) in [5, 5.41) is 15.2. The summed E-state index contributed by atoms with van der Waals surface area (Å²) in [5.74, 6) is 2.89. The summed E-state index contributed by atoms with van der Waals surface area (Å²) in [7, 11) is 0. The first-order valence-corrected chi connectivity index (χ1v) is 8.87. The lowest BCUT2D eigenvalue weighted by Crippen LogP contribution is -2.46. The van der Waals surface area contributed by atoms with Gasteiger partial charge in [-0.3, -0.25) is 4.68 Å². The fraction of sp³-hybridized carbons (Fsp3) is 0.833. The summed E-state index contributed by atoms with van der Waals surface area (Å²) < 4.78 is 2.01. The molecule has 4 bridgehead atoms. The number of aliphatic hydroxyl groups is 1. The number of hydrogen-bond donors (Lipinski definition) is 1. The van der Waals surface area contributed by atoms with Gasteiger partial charge >= 0.3 is 0 Å². The number of aromatic nitrogens is 2. The van der Waals surface area contributed by atoms with Crippen LogP contribution in [0.15, 0.2) is 12.3 Å². The van der Waals surface area contributed by atoms with E-state index in [-0.39, 0.29) is 6.10 Å². The summed E-state index contributed by atoms with van der Waals surface area (Å²) in [6.07, 6.45) is 12.1. The molecule has 0 spiro atoms. The van der Waals surface area contributed by atoms with Crippen molar-refractivity contribution in [1.29, 1.82) is 0 Å². The summed E-state index contributed by atoms with van der Waals surface area (Å²) in [6, 6.07) is 2.01. The smallest absolute Gasteiger partial charge is 0.0961 e. The zero-order chi connectivity index (χ0) is 14.4. The predicted octanol–water partition coefficient (Wildman–Crippen LogP) is 3.93. The molecular weight excluding hydrogens is 260 g/mol. The topological polar surface area (TPSA) is 38.0 Å². The molecule has 0 radical (unpaired) electrons. The molecular formula is C18H28N2O. The molecule has 1 N–H and O–H groups in total. The van der Waals surface area contributed by atoms with Gasteiger partial charge in [-0.1, -0.05) is 6.92 Å². The van der Waals surface area contributed by atoms with Gasteiger partial charge in [0.25, 0.3) is 0 Å². The predicted molar refractivity (Wildman–Crippen MR) is 82.7 cm³/mol. The third kappa shape index (κ3) is 2.44. The first-order chi connectivity index (χ1) is 10.2. The average Bonchev–Trinajstić information content (AvgIpc) is 2.85. The van der Waals surface area contributed by atoms with Crippen molar-refractivity contribution in [3.8, 4) is 0 Å². The van der Waals surface area contributed by atoms with Crippen molar-refractivity contribution in [1.82, 2.24) is 9.78 Å². The second-order valence-electron chi connectivity index (χ2n) is 8.12. The zero-order valence-electron chi connectivity index (χ0n) is 13.2. The molecule has 4 aliphatic carbocycles. The van der Waals surface area contributed by atoms with Gasteiger partial charge in [-0.2, -0.15) is 5.10 Å². The van der Waals surface area contributed by atoms with Crippen LogP contribution in [0, 0.1) is 23.2 Å². The van der Waals surface area contributed by atoms with Crippen molar-refractivity contribution in [3.63, 3.8) is 0 Å². The van der Waals surface area contributed by atoms with Gasteiger partial charge < -0.3 is 5.11 Å². The standard InChI is InChI=1S/C18H28N2O/c1-2-5-20-16(3-4-19-20)17(21)12-18-9-13-6-14(10-18)8-15(7-13)11-18/h3-4,13-15,17,21H,2,5-12H2,1H3. The number of aryl methyl sites for hydroxylation is 1. The second kappa shape index (κ2) is 5.12. The molecule has 4 fully saturated rings. The Morgan fingerprint density at radius 1 is 1.24 bits per heavy atom. The lowest BCUT2D eigenvalue weighted by molar-refractivity contribution is -0.0773. The maximum Gasteiger partial charge on any atom is 0.0961 e. The van der Waals surface area contributed by atoms with Crippen LogP contribution in [0.5, 0.6) is 0 Å². The van der Waals surface area contributed by atoms with Crippen LogP contribution in [0.4, 0.5) is 0 Å². The minimum atomic E-state index is -0.324. The van der Waals surface area contributed by atoms with E-state index in [1.807, 2.05) is 16.9 Å². The Balaban J connectivity index is 1.51. The van der Waals surface area contributed by atoms with Gasteiger partial charge in [0, 0.05) is 12.7 Å². The van der Waals surface area contributed by atoms with E-state index in [9.17, 15) is 5.11 Å². The molecule has 4 aliphatic rings. The van der Waals surface area contributed by atoms with E-state index < -0.39 is 0 Å². The molecule has 0 aromatic carbocycles. The fourth-order valence-electron chi connectivity index (χ4n) is 6.08. The van der Waals surface area contributed by atoms with Crippen LogP contribution in [0.25, 0.3) is 0 Å². The monoisotopic (exact) mass is 288 g/mol. The molecule has 0 aliphatic heterocycles. The van der Waals surface area contributed by atoms with E-state index in [0.717, 1.165) is 42.8 Å². The minimum absolute atomic E-state index is 0.324. The Morgan fingerprint density at radius 2 is 1.86 bits per heavy atom. The number of aliphatic hydroxyl groups excluding tert-OH is 1. The van der Waals surface area contributed by atoms with Crippen molar-refractivity contribution in [2.24, 2.45) is 23.2 Å². The van der Waals surface area contributed by atoms with Crippen molar-refractivity contribution < 1.29 is 5.11 Å². The van der Waals surface area contributed by atoms with Crippen LogP contribution in [-0.2, 0) is 6.54 Å².